The Kier molecular flexibility index (Phi) is 6.06. The molecular weight excluding hydrogens is 453 g/mol. The number of alkyl halides is 3. The predicted octanol–water partition coefficient (Wildman–Crippen LogP) is 4.82. The third kappa shape index (κ3) is 4.52. The van der Waals surface area contributed by atoms with Crippen LogP contribution in [0.3, 0.4) is 0 Å². The van der Waals surface area contributed by atoms with Crippen LogP contribution < -0.4 is 0 Å². The molecule has 0 bridgehead atoms. The maximum atomic E-state index is 13.3. The minimum absolute atomic E-state index is 0.0707. The van der Waals surface area contributed by atoms with Crippen molar-refractivity contribution in [3.8, 4) is 6.07 Å². The van der Waals surface area contributed by atoms with Crippen molar-refractivity contribution in [3.63, 3.8) is 0 Å². The highest BCUT2D eigenvalue weighted by Gasteiger charge is 2.51. The van der Waals surface area contributed by atoms with Crippen LogP contribution in [-0.4, -0.2) is 39.3 Å². The van der Waals surface area contributed by atoms with E-state index in [0.717, 1.165) is 29.9 Å². The second kappa shape index (κ2) is 8.42. The zero-order valence-corrected chi connectivity index (χ0v) is 18.9. The van der Waals surface area contributed by atoms with E-state index in [0.29, 0.717) is 37.5 Å². The van der Waals surface area contributed by atoms with E-state index in [-0.39, 0.29) is 29.1 Å². The summed E-state index contributed by atoms with van der Waals surface area (Å²) in [5.74, 6) is -0.242. The number of thiophene rings is 1. The van der Waals surface area contributed by atoms with E-state index >= 15 is 0 Å². The molecule has 0 radical (unpaired) electrons. The molecule has 5 nitrogen and oxygen atoms in total. The summed E-state index contributed by atoms with van der Waals surface area (Å²) in [5.41, 5.74) is -4.05. The fourth-order valence-corrected chi connectivity index (χ4v) is 5.43. The molecule has 176 valence electrons. The molecule has 1 amide bonds. The number of amides is 1. The summed E-state index contributed by atoms with van der Waals surface area (Å²) in [7, 11) is 0. The van der Waals surface area contributed by atoms with Gasteiger partial charge in [-0.2, -0.15) is 18.4 Å². The first-order chi connectivity index (χ1) is 15.5. The number of nitriles is 1. The third-order valence-corrected chi connectivity index (χ3v) is 7.95. The van der Waals surface area contributed by atoms with Crippen LogP contribution in [0.2, 0.25) is 0 Å². The minimum atomic E-state index is -4.83. The number of aliphatic hydroxyl groups is 2. The fourth-order valence-electron chi connectivity index (χ4n) is 4.49. The molecular formula is C24H25F3N2O3S. The van der Waals surface area contributed by atoms with Crippen molar-refractivity contribution in [2.45, 2.75) is 74.9 Å². The van der Waals surface area contributed by atoms with Crippen LogP contribution in [0, 0.1) is 11.3 Å². The normalized spacial score (nSPS) is 25.2. The molecule has 2 aromatic rings. The highest BCUT2D eigenvalue weighted by atomic mass is 32.1. The van der Waals surface area contributed by atoms with Gasteiger partial charge in [0.25, 0.3) is 5.91 Å². The quantitative estimate of drug-likeness (QED) is 0.645. The second-order valence-corrected chi connectivity index (χ2v) is 10.2. The number of nitrogens with zero attached hydrogens (tertiary/aromatic N) is 2. The molecule has 2 aliphatic rings. The summed E-state index contributed by atoms with van der Waals surface area (Å²) in [6, 6.07) is 10.6. The zero-order valence-electron chi connectivity index (χ0n) is 18.1. The van der Waals surface area contributed by atoms with Crippen molar-refractivity contribution in [3.05, 3.63) is 57.3 Å². The lowest BCUT2D eigenvalue weighted by Crippen LogP contribution is -2.46. The van der Waals surface area contributed by atoms with Gasteiger partial charge in [-0.15, -0.1) is 11.3 Å². The molecule has 0 saturated heterocycles. The molecule has 1 aromatic heterocycles. The van der Waals surface area contributed by atoms with Crippen molar-refractivity contribution in [1.29, 1.82) is 5.26 Å². The van der Waals surface area contributed by atoms with Crippen LogP contribution in [0.25, 0.3) is 0 Å². The maximum absolute atomic E-state index is 13.3. The molecule has 2 saturated carbocycles. The Bertz CT molecular complexity index is 1060. The van der Waals surface area contributed by atoms with Crippen molar-refractivity contribution in [2.75, 3.05) is 0 Å². The molecule has 1 atom stereocenters. The van der Waals surface area contributed by atoms with Gasteiger partial charge in [-0.05, 0) is 75.3 Å². The number of carbonyl (C=O) groups excluding carboxylic acids is 1. The Morgan fingerprint density at radius 2 is 1.67 bits per heavy atom. The number of benzene rings is 1. The Balaban J connectivity index is 1.48. The molecule has 0 aliphatic heterocycles. The van der Waals surface area contributed by atoms with E-state index < -0.39 is 17.4 Å². The summed E-state index contributed by atoms with van der Waals surface area (Å²) in [5, 5.41) is 30.0. The smallest absolute Gasteiger partial charge is 0.384 e. The topological polar surface area (TPSA) is 84.6 Å². The summed E-state index contributed by atoms with van der Waals surface area (Å²) in [6.07, 6.45) is -0.944. The van der Waals surface area contributed by atoms with Crippen LogP contribution in [0.1, 0.15) is 71.1 Å². The molecule has 9 heteroatoms. The molecule has 4 rings (SSSR count). The van der Waals surface area contributed by atoms with Crippen molar-refractivity contribution >= 4 is 17.2 Å². The van der Waals surface area contributed by atoms with Crippen LogP contribution in [0.5, 0.6) is 0 Å². The van der Waals surface area contributed by atoms with E-state index in [4.69, 9.17) is 5.26 Å². The first-order valence-corrected chi connectivity index (χ1v) is 11.7. The fraction of sp³-hybridized carbons (Fsp3) is 0.500. The van der Waals surface area contributed by atoms with E-state index in [1.165, 1.54) is 23.5 Å². The van der Waals surface area contributed by atoms with E-state index in [1.807, 2.05) is 4.90 Å². The average molecular weight is 479 g/mol. The Morgan fingerprint density at radius 3 is 2.15 bits per heavy atom. The Morgan fingerprint density at radius 1 is 1.09 bits per heavy atom. The van der Waals surface area contributed by atoms with Gasteiger partial charge in [-0.3, -0.25) is 4.79 Å². The lowest BCUT2D eigenvalue weighted by molar-refractivity contribution is -0.258. The van der Waals surface area contributed by atoms with Crippen LogP contribution in [0.4, 0.5) is 13.2 Å². The third-order valence-electron chi connectivity index (χ3n) is 6.77. The number of rotatable bonds is 5. The lowest BCUT2D eigenvalue weighted by atomic mass is 9.80. The zero-order chi connectivity index (χ0) is 24.0. The molecule has 33 heavy (non-hydrogen) atoms. The molecule has 0 spiro atoms. The van der Waals surface area contributed by atoms with Gasteiger partial charge in [0, 0.05) is 22.5 Å². The Labute approximate surface area is 194 Å². The molecule has 1 aromatic carbocycles. The van der Waals surface area contributed by atoms with Crippen LogP contribution in [0.15, 0.2) is 36.4 Å². The molecule has 0 unspecified atom stereocenters. The number of carbonyl (C=O) groups is 1. The van der Waals surface area contributed by atoms with E-state index in [2.05, 4.69) is 6.07 Å². The summed E-state index contributed by atoms with van der Waals surface area (Å²) in [4.78, 5) is 16.4. The standard InChI is InChI=1S/C24H25F3N2O3S/c1-22(31,24(25,26)27)16-4-2-15(3-5-16)21(30)29(17-6-7-17)18-10-12-23(32,13-11-18)20-9-8-19(14-28)33-20/h2-5,8-9,17-18,31-32H,6-7,10-13H2,1H3/t18-,22-,23+/m0/s1. The van der Waals surface area contributed by atoms with Gasteiger partial charge < -0.3 is 15.1 Å². The molecule has 2 fully saturated rings. The summed E-state index contributed by atoms with van der Waals surface area (Å²) < 4.78 is 39.3. The average Bonchev–Trinajstić information content (AvgIpc) is 3.48. The van der Waals surface area contributed by atoms with Crippen LogP contribution in [-0.2, 0) is 11.2 Å². The van der Waals surface area contributed by atoms with Gasteiger partial charge in [0.2, 0.25) is 0 Å². The van der Waals surface area contributed by atoms with E-state index in [1.54, 1.807) is 12.1 Å². The minimum Gasteiger partial charge on any atom is -0.384 e. The predicted molar refractivity (Wildman–Crippen MR) is 116 cm³/mol. The largest absolute Gasteiger partial charge is 0.421 e. The van der Waals surface area contributed by atoms with Gasteiger partial charge in [0.1, 0.15) is 10.9 Å². The lowest BCUT2D eigenvalue weighted by Gasteiger charge is -2.41. The van der Waals surface area contributed by atoms with Gasteiger partial charge >= 0.3 is 6.18 Å². The van der Waals surface area contributed by atoms with E-state index in [9.17, 15) is 28.2 Å². The summed E-state index contributed by atoms with van der Waals surface area (Å²) in [6.45, 7) is 0.691. The van der Waals surface area contributed by atoms with Gasteiger partial charge in [-0.25, -0.2) is 0 Å². The first-order valence-electron chi connectivity index (χ1n) is 10.9. The number of halogens is 3. The molecule has 2 N–H and O–H groups in total. The van der Waals surface area contributed by atoms with Crippen LogP contribution >= 0.6 is 11.3 Å². The monoisotopic (exact) mass is 478 g/mol. The molecule has 2 aliphatic carbocycles. The van der Waals surface area contributed by atoms with Gasteiger partial charge in [-0.1, -0.05) is 12.1 Å². The number of hydrogen-bond acceptors (Lipinski definition) is 5. The first kappa shape index (κ1) is 23.7. The van der Waals surface area contributed by atoms with Crippen molar-refractivity contribution in [2.24, 2.45) is 0 Å². The second-order valence-electron chi connectivity index (χ2n) is 9.13. The number of hydrogen-bond donors (Lipinski definition) is 2. The highest BCUT2D eigenvalue weighted by Crippen LogP contribution is 2.44. The van der Waals surface area contributed by atoms with Gasteiger partial charge in [0.15, 0.2) is 5.60 Å². The van der Waals surface area contributed by atoms with Gasteiger partial charge in [0.05, 0.1) is 5.60 Å². The Hall–Kier alpha value is -2.41. The SMILES string of the molecule is C[C@](O)(c1ccc(C(=O)N(C2CC2)[C@H]2CC[C@](O)(c3ccc(C#N)s3)CC2)cc1)C(F)(F)F. The molecule has 1 heterocycles. The van der Waals surface area contributed by atoms with Crippen molar-refractivity contribution < 1.29 is 28.2 Å². The van der Waals surface area contributed by atoms with Crippen molar-refractivity contribution in [1.82, 2.24) is 4.90 Å². The highest BCUT2D eigenvalue weighted by molar-refractivity contribution is 7.12. The maximum Gasteiger partial charge on any atom is 0.421 e. The summed E-state index contributed by atoms with van der Waals surface area (Å²) >= 11 is 1.28.